The molecule has 2 aromatic carbocycles. The Kier molecular flexibility index (Phi) is 8.50. The van der Waals surface area contributed by atoms with Crippen LogP contribution in [0.5, 0.6) is 11.5 Å². The van der Waals surface area contributed by atoms with E-state index in [9.17, 15) is 4.79 Å². The molecule has 0 spiro atoms. The van der Waals surface area contributed by atoms with Crippen LogP contribution in [0.3, 0.4) is 0 Å². The second kappa shape index (κ2) is 11.6. The van der Waals surface area contributed by atoms with Gasteiger partial charge in [0.1, 0.15) is 5.82 Å². The van der Waals surface area contributed by atoms with Gasteiger partial charge in [-0.15, -0.1) is 0 Å². The van der Waals surface area contributed by atoms with E-state index in [4.69, 9.17) is 26.1 Å². The highest BCUT2D eigenvalue weighted by atomic mass is 79.9. The Hall–Kier alpha value is -2.38. The summed E-state index contributed by atoms with van der Waals surface area (Å²) in [6, 6.07) is 9.21. The Morgan fingerprint density at radius 2 is 2.00 bits per heavy atom. The molecular weight excluding hydrogens is 530 g/mol. The van der Waals surface area contributed by atoms with Gasteiger partial charge in [0.05, 0.1) is 34.9 Å². The highest BCUT2D eigenvalue weighted by molar-refractivity contribution is 9.10. The van der Waals surface area contributed by atoms with Gasteiger partial charge in [-0.25, -0.2) is 4.98 Å². The molecule has 0 N–H and O–H groups in total. The largest absolute Gasteiger partial charge is 0.490 e. The standard InChI is InChI=1S/C27H31BrClN3O3/c1-4-17(3)35-25-22(29)13-18(14-24(25)34-5-2)16-30-32-26(19-9-7-6-8-10-19)31-23-12-11-20(28)15-21(23)27(32)33/h11-17,19H,4-10H2,1-3H3/t17-/m0/s1. The number of nitrogens with zero attached hydrogens (tertiary/aromatic N) is 3. The van der Waals surface area contributed by atoms with Crippen molar-refractivity contribution in [2.24, 2.45) is 5.10 Å². The maximum atomic E-state index is 13.5. The van der Waals surface area contributed by atoms with E-state index in [1.807, 2.05) is 32.0 Å². The molecule has 1 saturated carbocycles. The molecule has 0 saturated heterocycles. The first-order valence-corrected chi connectivity index (χ1v) is 13.5. The number of halogens is 2. The number of aromatic nitrogens is 2. The van der Waals surface area contributed by atoms with Gasteiger partial charge < -0.3 is 9.47 Å². The van der Waals surface area contributed by atoms with Gasteiger partial charge in [-0.1, -0.05) is 53.7 Å². The fourth-order valence-corrected chi connectivity index (χ4v) is 4.98. The van der Waals surface area contributed by atoms with Crippen molar-refractivity contribution < 1.29 is 9.47 Å². The topological polar surface area (TPSA) is 65.7 Å². The first kappa shape index (κ1) is 25.7. The van der Waals surface area contributed by atoms with E-state index in [0.717, 1.165) is 36.6 Å². The summed E-state index contributed by atoms with van der Waals surface area (Å²) < 4.78 is 14.1. The second-order valence-electron chi connectivity index (χ2n) is 8.93. The monoisotopic (exact) mass is 559 g/mol. The normalized spacial score (nSPS) is 15.6. The van der Waals surface area contributed by atoms with Crippen molar-refractivity contribution in [3.05, 3.63) is 61.6 Å². The molecule has 8 heteroatoms. The van der Waals surface area contributed by atoms with Crippen LogP contribution in [-0.4, -0.2) is 28.6 Å². The van der Waals surface area contributed by atoms with Gasteiger partial charge in [-0.05, 0) is 69.0 Å². The summed E-state index contributed by atoms with van der Waals surface area (Å²) in [6.45, 7) is 6.43. The Bertz CT molecular complexity index is 1280. The molecule has 35 heavy (non-hydrogen) atoms. The predicted molar refractivity (Wildman–Crippen MR) is 146 cm³/mol. The molecule has 4 rings (SSSR count). The van der Waals surface area contributed by atoms with Gasteiger partial charge in [0.2, 0.25) is 0 Å². The number of rotatable bonds is 8. The van der Waals surface area contributed by atoms with Crippen molar-refractivity contribution in [3.8, 4) is 11.5 Å². The lowest BCUT2D eigenvalue weighted by Crippen LogP contribution is -2.25. The molecular formula is C27H31BrClN3O3. The number of ether oxygens (including phenoxy) is 2. The number of hydrogen-bond acceptors (Lipinski definition) is 5. The lowest BCUT2D eigenvalue weighted by Gasteiger charge is -2.22. The number of benzene rings is 2. The van der Waals surface area contributed by atoms with Crippen LogP contribution in [0.25, 0.3) is 10.9 Å². The molecule has 1 aromatic heterocycles. The van der Waals surface area contributed by atoms with E-state index >= 15 is 0 Å². The second-order valence-corrected chi connectivity index (χ2v) is 10.3. The summed E-state index contributed by atoms with van der Waals surface area (Å²) in [5.74, 6) is 2.00. The average Bonchev–Trinajstić information content (AvgIpc) is 2.86. The minimum absolute atomic E-state index is 0.00542. The maximum absolute atomic E-state index is 13.5. The molecule has 6 nitrogen and oxygen atoms in total. The zero-order valence-electron chi connectivity index (χ0n) is 20.4. The van der Waals surface area contributed by atoms with E-state index < -0.39 is 0 Å². The Labute approximate surface area is 219 Å². The molecule has 1 fully saturated rings. The zero-order chi connectivity index (χ0) is 24.9. The van der Waals surface area contributed by atoms with Crippen molar-refractivity contribution in [2.45, 2.75) is 71.3 Å². The third-order valence-corrected chi connectivity index (χ3v) is 7.13. The van der Waals surface area contributed by atoms with Gasteiger partial charge in [-0.3, -0.25) is 4.79 Å². The summed E-state index contributed by atoms with van der Waals surface area (Å²) in [5.41, 5.74) is 1.23. The molecule has 0 radical (unpaired) electrons. The van der Waals surface area contributed by atoms with E-state index in [1.165, 1.54) is 11.1 Å². The van der Waals surface area contributed by atoms with Gasteiger partial charge >= 0.3 is 0 Å². The summed E-state index contributed by atoms with van der Waals surface area (Å²) in [4.78, 5) is 18.4. The van der Waals surface area contributed by atoms with Crippen molar-refractivity contribution in [1.29, 1.82) is 0 Å². The smallest absolute Gasteiger partial charge is 0.282 e. The van der Waals surface area contributed by atoms with Crippen molar-refractivity contribution in [2.75, 3.05) is 6.61 Å². The van der Waals surface area contributed by atoms with Crippen molar-refractivity contribution in [1.82, 2.24) is 9.66 Å². The van der Waals surface area contributed by atoms with Crippen LogP contribution >= 0.6 is 27.5 Å². The van der Waals surface area contributed by atoms with E-state index in [1.54, 1.807) is 18.3 Å². The fraction of sp³-hybridized carbons (Fsp3) is 0.444. The average molecular weight is 561 g/mol. The summed E-state index contributed by atoms with van der Waals surface area (Å²) in [6.07, 6.45) is 7.99. The number of fused-ring (bicyclic) bond motifs is 1. The minimum atomic E-state index is -0.180. The van der Waals surface area contributed by atoms with Crippen LogP contribution in [0.2, 0.25) is 5.02 Å². The molecule has 1 atom stereocenters. The first-order chi connectivity index (χ1) is 16.9. The van der Waals surface area contributed by atoms with Crippen molar-refractivity contribution in [3.63, 3.8) is 0 Å². The Balaban J connectivity index is 1.79. The lowest BCUT2D eigenvalue weighted by molar-refractivity contribution is 0.203. The molecule has 0 amide bonds. The summed E-state index contributed by atoms with van der Waals surface area (Å²) in [7, 11) is 0. The predicted octanol–water partition coefficient (Wildman–Crippen LogP) is 7.32. The highest BCUT2D eigenvalue weighted by Crippen LogP contribution is 2.37. The van der Waals surface area contributed by atoms with E-state index in [2.05, 4.69) is 28.0 Å². The molecule has 1 heterocycles. The van der Waals surface area contributed by atoms with E-state index in [0.29, 0.717) is 45.4 Å². The SMILES string of the molecule is CCOc1cc(C=Nn2c(C3CCCCC3)nc3ccc(Br)cc3c2=O)cc(Cl)c1O[C@@H](C)CC. The molecule has 1 aliphatic carbocycles. The van der Waals surface area contributed by atoms with Crippen LogP contribution in [-0.2, 0) is 0 Å². The lowest BCUT2D eigenvalue weighted by atomic mass is 9.88. The molecule has 186 valence electrons. The van der Waals surface area contributed by atoms with E-state index in [-0.39, 0.29) is 17.6 Å². The van der Waals surface area contributed by atoms with Crippen LogP contribution in [0, 0.1) is 0 Å². The summed E-state index contributed by atoms with van der Waals surface area (Å²) >= 11 is 10.0. The van der Waals surface area contributed by atoms with Gasteiger partial charge in [0, 0.05) is 10.4 Å². The molecule has 3 aromatic rings. The van der Waals surface area contributed by atoms with Crippen molar-refractivity contribution >= 4 is 44.6 Å². The first-order valence-electron chi connectivity index (χ1n) is 12.3. The summed E-state index contributed by atoms with van der Waals surface area (Å²) in [5, 5.41) is 5.60. The third-order valence-electron chi connectivity index (χ3n) is 6.35. The van der Waals surface area contributed by atoms with Crippen LogP contribution < -0.4 is 15.0 Å². The fourth-order valence-electron chi connectivity index (χ4n) is 4.35. The zero-order valence-corrected chi connectivity index (χ0v) is 22.7. The molecule has 1 aliphatic rings. The molecule has 0 unspecified atom stereocenters. The van der Waals surface area contributed by atoms with Crippen LogP contribution in [0.15, 0.2) is 44.7 Å². The van der Waals surface area contributed by atoms with Gasteiger partial charge in [0.25, 0.3) is 5.56 Å². The van der Waals surface area contributed by atoms with Crippen LogP contribution in [0.4, 0.5) is 0 Å². The molecule has 0 aliphatic heterocycles. The highest BCUT2D eigenvalue weighted by Gasteiger charge is 2.23. The van der Waals surface area contributed by atoms with Gasteiger partial charge in [0.15, 0.2) is 11.5 Å². The molecule has 0 bridgehead atoms. The van der Waals surface area contributed by atoms with Crippen LogP contribution in [0.1, 0.15) is 76.6 Å². The maximum Gasteiger partial charge on any atom is 0.282 e. The van der Waals surface area contributed by atoms with Gasteiger partial charge in [-0.2, -0.15) is 9.78 Å². The number of hydrogen-bond donors (Lipinski definition) is 0. The third kappa shape index (κ3) is 5.89. The quantitative estimate of drug-likeness (QED) is 0.271. The minimum Gasteiger partial charge on any atom is -0.490 e. The Morgan fingerprint density at radius 1 is 1.23 bits per heavy atom. The Morgan fingerprint density at radius 3 is 2.71 bits per heavy atom.